The Hall–Kier alpha value is -0.0400. The van der Waals surface area contributed by atoms with E-state index in [-0.39, 0.29) is 0 Å². The molecule has 3 atom stereocenters. The highest BCUT2D eigenvalue weighted by molar-refractivity contribution is 4.80. The zero-order valence-electron chi connectivity index (χ0n) is 12.2. The molecule has 0 bridgehead atoms. The van der Waals surface area contributed by atoms with Crippen molar-refractivity contribution in [2.75, 3.05) is 0 Å². The molecule has 0 aromatic carbocycles. The molecule has 0 aromatic heterocycles. The molecule has 102 valence electrons. The van der Waals surface area contributed by atoms with Crippen LogP contribution in [0.2, 0.25) is 0 Å². The highest BCUT2D eigenvalue weighted by atomic mass is 16.5. The van der Waals surface area contributed by atoms with Gasteiger partial charge in [-0.15, -0.1) is 0 Å². The van der Waals surface area contributed by atoms with E-state index in [9.17, 15) is 0 Å². The third-order valence-corrected chi connectivity index (χ3v) is 4.24. The van der Waals surface area contributed by atoms with E-state index < -0.39 is 0 Å². The van der Waals surface area contributed by atoms with Gasteiger partial charge in [0.2, 0.25) is 0 Å². The summed E-state index contributed by atoms with van der Waals surface area (Å²) in [5, 5.41) is 0. The normalized spacial score (nSPS) is 28.8. The number of rotatable bonds is 9. The van der Waals surface area contributed by atoms with E-state index in [4.69, 9.17) is 4.74 Å². The third kappa shape index (κ3) is 5.42. The fourth-order valence-corrected chi connectivity index (χ4v) is 3.09. The van der Waals surface area contributed by atoms with Crippen molar-refractivity contribution in [2.45, 2.75) is 97.2 Å². The first-order valence-electron chi connectivity index (χ1n) is 7.97. The molecule has 0 radical (unpaired) electrons. The van der Waals surface area contributed by atoms with E-state index in [0.717, 1.165) is 5.92 Å². The summed E-state index contributed by atoms with van der Waals surface area (Å²) in [5.41, 5.74) is 0. The summed E-state index contributed by atoms with van der Waals surface area (Å²) in [7, 11) is 0. The zero-order chi connectivity index (χ0) is 12.5. The van der Waals surface area contributed by atoms with Crippen LogP contribution < -0.4 is 0 Å². The number of hydrogen-bond donors (Lipinski definition) is 0. The minimum absolute atomic E-state index is 0.560. The molecular formula is C16H32O. The predicted octanol–water partition coefficient (Wildman–Crippen LogP) is 5.33. The maximum Gasteiger partial charge on any atom is 0.0605 e. The standard InChI is InChI=1S/C16H32O/c1-4-7-8-9-10-11-12-14-13-15(5-2)17-16(14)6-3/h14-16H,4-13H2,1-3H3/t14-,15+,16+/m1/s1. The molecule has 17 heavy (non-hydrogen) atoms. The molecule has 1 heteroatoms. The van der Waals surface area contributed by atoms with Crippen molar-refractivity contribution in [1.29, 1.82) is 0 Å². The molecule has 0 aliphatic carbocycles. The highest BCUT2D eigenvalue weighted by Gasteiger charge is 2.32. The first-order valence-corrected chi connectivity index (χ1v) is 7.97. The van der Waals surface area contributed by atoms with E-state index in [0.29, 0.717) is 12.2 Å². The maximum absolute atomic E-state index is 6.07. The van der Waals surface area contributed by atoms with Crippen LogP contribution in [-0.2, 0) is 4.74 Å². The Balaban J connectivity index is 2.09. The molecule has 1 aliphatic heterocycles. The van der Waals surface area contributed by atoms with Gasteiger partial charge >= 0.3 is 0 Å². The molecule has 0 saturated carbocycles. The van der Waals surface area contributed by atoms with E-state index >= 15 is 0 Å². The van der Waals surface area contributed by atoms with Crippen LogP contribution in [0.3, 0.4) is 0 Å². The van der Waals surface area contributed by atoms with Crippen molar-refractivity contribution >= 4 is 0 Å². The number of unbranched alkanes of at least 4 members (excludes halogenated alkanes) is 5. The second-order valence-corrected chi connectivity index (χ2v) is 5.67. The SMILES string of the molecule is CCCCCCCC[C@@H]1C[C@H](CC)O[C@H]1CC. The first kappa shape index (κ1) is 15.0. The minimum atomic E-state index is 0.560. The number of hydrogen-bond acceptors (Lipinski definition) is 1. The highest BCUT2D eigenvalue weighted by Crippen LogP contribution is 2.33. The van der Waals surface area contributed by atoms with Crippen LogP contribution in [0.15, 0.2) is 0 Å². The largest absolute Gasteiger partial charge is 0.375 e. The molecule has 0 N–H and O–H groups in total. The molecule has 0 amide bonds. The van der Waals surface area contributed by atoms with Gasteiger partial charge < -0.3 is 4.74 Å². The summed E-state index contributed by atoms with van der Waals surface area (Å²) in [5.74, 6) is 0.858. The van der Waals surface area contributed by atoms with Crippen LogP contribution >= 0.6 is 0 Å². The van der Waals surface area contributed by atoms with Crippen molar-refractivity contribution in [1.82, 2.24) is 0 Å². The Bertz CT molecular complexity index is 178. The van der Waals surface area contributed by atoms with E-state index in [1.54, 1.807) is 0 Å². The van der Waals surface area contributed by atoms with Gasteiger partial charge in [-0.2, -0.15) is 0 Å². The summed E-state index contributed by atoms with van der Waals surface area (Å²) in [6.45, 7) is 6.81. The zero-order valence-corrected chi connectivity index (χ0v) is 12.2. The van der Waals surface area contributed by atoms with E-state index in [2.05, 4.69) is 20.8 Å². The van der Waals surface area contributed by atoms with Crippen molar-refractivity contribution in [3.63, 3.8) is 0 Å². The second kappa shape index (κ2) is 8.97. The van der Waals surface area contributed by atoms with E-state index in [1.165, 1.54) is 64.2 Å². The minimum Gasteiger partial charge on any atom is -0.375 e. The maximum atomic E-state index is 6.07. The van der Waals surface area contributed by atoms with Crippen LogP contribution in [0.4, 0.5) is 0 Å². The van der Waals surface area contributed by atoms with Crippen molar-refractivity contribution in [3.8, 4) is 0 Å². The smallest absolute Gasteiger partial charge is 0.0605 e. The molecule has 1 aliphatic rings. The van der Waals surface area contributed by atoms with Gasteiger partial charge in [0.25, 0.3) is 0 Å². The van der Waals surface area contributed by atoms with Gasteiger partial charge in [-0.3, -0.25) is 0 Å². The van der Waals surface area contributed by atoms with Crippen LogP contribution in [0.1, 0.15) is 85.0 Å². The second-order valence-electron chi connectivity index (χ2n) is 5.67. The van der Waals surface area contributed by atoms with Gasteiger partial charge in [0.15, 0.2) is 0 Å². The Morgan fingerprint density at radius 1 is 0.882 bits per heavy atom. The predicted molar refractivity (Wildman–Crippen MR) is 75.3 cm³/mol. The molecule has 1 fully saturated rings. The van der Waals surface area contributed by atoms with Crippen molar-refractivity contribution in [2.24, 2.45) is 5.92 Å². The van der Waals surface area contributed by atoms with Crippen LogP contribution in [-0.4, -0.2) is 12.2 Å². The summed E-state index contributed by atoms with van der Waals surface area (Å²) in [6.07, 6.45) is 14.8. The Morgan fingerprint density at radius 2 is 1.59 bits per heavy atom. The molecular weight excluding hydrogens is 208 g/mol. The number of ether oxygens (including phenoxy) is 1. The Labute approximate surface area is 108 Å². The van der Waals surface area contributed by atoms with Gasteiger partial charge in [0, 0.05) is 0 Å². The van der Waals surface area contributed by atoms with Crippen LogP contribution in [0.5, 0.6) is 0 Å². The average molecular weight is 240 g/mol. The lowest BCUT2D eigenvalue weighted by Gasteiger charge is -2.16. The lowest BCUT2D eigenvalue weighted by atomic mass is 9.91. The topological polar surface area (TPSA) is 9.23 Å². The Kier molecular flexibility index (Phi) is 7.92. The average Bonchev–Trinajstić information content (AvgIpc) is 2.76. The third-order valence-electron chi connectivity index (χ3n) is 4.24. The monoisotopic (exact) mass is 240 g/mol. The molecule has 1 rings (SSSR count). The van der Waals surface area contributed by atoms with Gasteiger partial charge in [-0.25, -0.2) is 0 Å². The lowest BCUT2D eigenvalue weighted by molar-refractivity contribution is 0.0297. The van der Waals surface area contributed by atoms with Gasteiger partial charge in [-0.1, -0.05) is 59.3 Å². The summed E-state index contributed by atoms with van der Waals surface area (Å²) in [6, 6.07) is 0. The van der Waals surface area contributed by atoms with Crippen LogP contribution in [0, 0.1) is 5.92 Å². The van der Waals surface area contributed by atoms with Crippen LogP contribution in [0.25, 0.3) is 0 Å². The van der Waals surface area contributed by atoms with Gasteiger partial charge in [-0.05, 0) is 31.6 Å². The molecule has 1 saturated heterocycles. The fraction of sp³-hybridized carbons (Fsp3) is 1.00. The first-order chi connectivity index (χ1) is 8.31. The van der Waals surface area contributed by atoms with Crippen molar-refractivity contribution in [3.05, 3.63) is 0 Å². The molecule has 1 heterocycles. The van der Waals surface area contributed by atoms with E-state index in [1.807, 2.05) is 0 Å². The summed E-state index contributed by atoms with van der Waals surface area (Å²) >= 11 is 0. The lowest BCUT2D eigenvalue weighted by Crippen LogP contribution is -2.14. The van der Waals surface area contributed by atoms with Gasteiger partial charge in [0.1, 0.15) is 0 Å². The van der Waals surface area contributed by atoms with Gasteiger partial charge in [0.05, 0.1) is 12.2 Å². The molecule has 0 spiro atoms. The molecule has 0 unspecified atom stereocenters. The molecule has 0 aromatic rings. The summed E-state index contributed by atoms with van der Waals surface area (Å²) in [4.78, 5) is 0. The quantitative estimate of drug-likeness (QED) is 0.495. The Morgan fingerprint density at radius 3 is 2.24 bits per heavy atom. The van der Waals surface area contributed by atoms with Crippen molar-refractivity contribution < 1.29 is 4.74 Å². The fourth-order valence-electron chi connectivity index (χ4n) is 3.09. The summed E-state index contributed by atoms with van der Waals surface area (Å²) < 4.78 is 6.07. The molecule has 1 nitrogen and oxygen atoms in total.